The summed E-state index contributed by atoms with van der Waals surface area (Å²) in [7, 11) is 0. The summed E-state index contributed by atoms with van der Waals surface area (Å²) in [4.78, 5) is 3.11. The Bertz CT molecular complexity index is 890. The number of benzene rings is 2. The number of ether oxygens (including phenoxy) is 1. The zero-order valence-electron chi connectivity index (χ0n) is 12.2. The lowest BCUT2D eigenvalue weighted by Crippen LogP contribution is -2.32. The lowest BCUT2D eigenvalue weighted by Gasteiger charge is -2.08. The highest BCUT2D eigenvalue weighted by Crippen LogP contribution is 2.23. The number of nitrogens with zero attached hydrogens (tertiary/aromatic N) is 1. The van der Waals surface area contributed by atoms with Crippen LogP contribution in [0.3, 0.4) is 0 Å². The van der Waals surface area contributed by atoms with Gasteiger partial charge in [0.15, 0.2) is 0 Å². The monoisotopic (exact) mass is 349 g/mol. The summed E-state index contributed by atoms with van der Waals surface area (Å²) in [6, 6.07) is 17.0. The number of nitrogens with one attached hydrogen (secondary N) is 1. The van der Waals surface area contributed by atoms with Gasteiger partial charge in [0.2, 0.25) is 0 Å². The van der Waals surface area contributed by atoms with Crippen LogP contribution in [-0.4, -0.2) is 11.3 Å². The van der Waals surface area contributed by atoms with E-state index in [1.165, 1.54) is 24.3 Å². The Morgan fingerprint density at radius 3 is 2.17 bits per heavy atom. The molecule has 0 aliphatic heterocycles. The van der Waals surface area contributed by atoms with Crippen molar-refractivity contribution in [3.63, 3.8) is 0 Å². The fourth-order valence-corrected chi connectivity index (χ4v) is 2.51. The van der Waals surface area contributed by atoms with E-state index in [-0.39, 0.29) is 5.75 Å². The van der Waals surface area contributed by atoms with Crippen molar-refractivity contribution in [3.8, 4) is 22.7 Å². The van der Waals surface area contributed by atoms with Crippen molar-refractivity contribution in [2.45, 2.75) is 6.36 Å². The van der Waals surface area contributed by atoms with Crippen molar-refractivity contribution in [1.82, 2.24) is 4.98 Å². The molecule has 1 heterocycles. The molecule has 0 aliphatic carbocycles. The number of hydrogen-bond acceptors (Lipinski definition) is 2. The largest absolute Gasteiger partial charge is 0.573 e. The molecule has 7 heteroatoms. The molecule has 24 heavy (non-hydrogen) atoms. The summed E-state index contributed by atoms with van der Waals surface area (Å²) < 4.78 is 42.5. The van der Waals surface area contributed by atoms with Gasteiger partial charge >= 0.3 is 11.1 Å². The third-order valence-electron chi connectivity index (χ3n) is 3.28. The number of alkyl halides is 3. The highest BCUT2D eigenvalue weighted by molar-refractivity contribution is 7.71. The first-order chi connectivity index (χ1) is 11.4. The lowest BCUT2D eigenvalue weighted by molar-refractivity contribution is -0.606. The van der Waals surface area contributed by atoms with Gasteiger partial charge in [-0.05, 0) is 24.3 Å². The highest BCUT2D eigenvalue weighted by atomic mass is 32.1. The van der Waals surface area contributed by atoms with Gasteiger partial charge in [0.05, 0.1) is 0 Å². The molecule has 0 amide bonds. The minimum absolute atomic E-state index is 0.275. The molecule has 0 radical (unpaired) electrons. The van der Waals surface area contributed by atoms with Gasteiger partial charge in [0, 0.05) is 23.8 Å². The maximum absolute atomic E-state index is 12.2. The number of halogens is 3. The van der Waals surface area contributed by atoms with Gasteiger partial charge in [0.1, 0.15) is 23.3 Å². The third-order valence-corrected chi connectivity index (χ3v) is 3.58. The Labute approximate surface area is 141 Å². The molecular formula is C17H12F3N2OS+. The number of rotatable bonds is 3. The smallest absolute Gasteiger partial charge is 0.406 e. The zero-order valence-corrected chi connectivity index (χ0v) is 13.1. The SMILES string of the molecule is FC(F)(F)Oc1ccc(-[n+]2ccc(-c3ccccc3)[nH]c2=S)cc1. The van der Waals surface area contributed by atoms with Crippen molar-refractivity contribution in [2.75, 3.05) is 0 Å². The first-order valence-electron chi connectivity index (χ1n) is 6.99. The van der Waals surface area contributed by atoms with Gasteiger partial charge in [-0.2, -0.15) is 4.57 Å². The predicted octanol–water partition coefficient (Wildman–Crippen LogP) is 4.59. The number of H-pyrrole nitrogens is 1. The molecule has 0 aliphatic rings. The van der Waals surface area contributed by atoms with Crippen LogP contribution < -0.4 is 9.30 Å². The van der Waals surface area contributed by atoms with Gasteiger partial charge < -0.3 is 4.74 Å². The average molecular weight is 349 g/mol. The predicted molar refractivity (Wildman–Crippen MR) is 85.3 cm³/mol. The van der Waals surface area contributed by atoms with E-state index < -0.39 is 6.36 Å². The van der Waals surface area contributed by atoms with E-state index in [9.17, 15) is 13.2 Å². The molecule has 0 bridgehead atoms. The Morgan fingerprint density at radius 2 is 1.58 bits per heavy atom. The maximum atomic E-state index is 12.2. The molecule has 1 N–H and O–H groups in total. The van der Waals surface area contributed by atoms with Crippen LogP contribution in [0.2, 0.25) is 0 Å². The van der Waals surface area contributed by atoms with E-state index in [1.54, 1.807) is 10.8 Å². The maximum Gasteiger partial charge on any atom is 0.573 e. The lowest BCUT2D eigenvalue weighted by atomic mass is 10.1. The summed E-state index contributed by atoms with van der Waals surface area (Å²) in [5, 5.41) is 0. The second-order valence-corrected chi connectivity index (χ2v) is 5.32. The number of aromatic nitrogens is 2. The van der Waals surface area contributed by atoms with E-state index in [4.69, 9.17) is 12.2 Å². The van der Waals surface area contributed by atoms with E-state index >= 15 is 0 Å². The second kappa shape index (κ2) is 6.45. The van der Waals surface area contributed by atoms with Crippen molar-refractivity contribution >= 4 is 12.2 Å². The standard InChI is InChI=1S/C17H11F3N2OS/c18-17(19,20)23-14-8-6-13(7-9-14)22-11-10-15(21-16(22)24)12-4-2-1-3-5-12/h1-11H/p+1. The number of aromatic amines is 1. The summed E-state index contributed by atoms with van der Waals surface area (Å²) in [5.74, 6) is -0.275. The Kier molecular flexibility index (Phi) is 4.35. The van der Waals surface area contributed by atoms with Crippen LogP contribution in [-0.2, 0) is 0 Å². The van der Waals surface area contributed by atoms with Crippen LogP contribution in [0.25, 0.3) is 16.9 Å². The average Bonchev–Trinajstić information content (AvgIpc) is 2.55. The fourth-order valence-electron chi connectivity index (χ4n) is 2.23. The quantitative estimate of drug-likeness (QED) is 0.554. The van der Waals surface area contributed by atoms with Gasteiger partial charge in [-0.25, -0.2) is 4.98 Å². The van der Waals surface area contributed by atoms with Crippen molar-refractivity contribution in [3.05, 3.63) is 71.6 Å². The van der Waals surface area contributed by atoms with E-state index in [1.807, 2.05) is 36.4 Å². The Hall–Kier alpha value is -2.67. The van der Waals surface area contributed by atoms with Crippen molar-refractivity contribution in [2.24, 2.45) is 0 Å². The molecule has 122 valence electrons. The molecule has 0 atom stereocenters. The summed E-state index contributed by atoms with van der Waals surface area (Å²) in [6.45, 7) is 0. The zero-order chi connectivity index (χ0) is 17.2. The highest BCUT2D eigenvalue weighted by Gasteiger charge is 2.31. The molecule has 1 aromatic heterocycles. The second-order valence-electron chi connectivity index (χ2n) is 4.94. The first-order valence-corrected chi connectivity index (χ1v) is 7.40. The van der Waals surface area contributed by atoms with Crippen LogP contribution in [0.5, 0.6) is 5.75 Å². The molecular weight excluding hydrogens is 337 g/mol. The topological polar surface area (TPSA) is 28.9 Å². The number of hydrogen-bond donors (Lipinski definition) is 1. The fraction of sp³-hybridized carbons (Fsp3) is 0.0588. The molecule has 0 unspecified atom stereocenters. The molecule has 0 fully saturated rings. The minimum Gasteiger partial charge on any atom is -0.406 e. The van der Waals surface area contributed by atoms with E-state index in [0.717, 1.165) is 11.3 Å². The van der Waals surface area contributed by atoms with Crippen LogP contribution in [0.4, 0.5) is 13.2 Å². The molecule has 3 nitrogen and oxygen atoms in total. The van der Waals surface area contributed by atoms with Gasteiger partial charge in [0.25, 0.3) is 0 Å². The van der Waals surface area contributed by atoms with Gasteiger partial charge in [-0.3, -0.25) is 0 Å². The van der Waals surface area contributed by atoms with Gasteiger partial charge in [-0.15, -0.1) is 13.2 Å². The summed E-state index contributed by atoms with van der Waals surface area (Å²) >= 11 is 5.34. The Morgan fingerprint density at radius 1 is 0.917 bits per heavy atom. The van der Waals surface area contributed by atoms with Crippen molar-refractivity contribution < 1.29 is 22.5 Å². The van der Waals surface area contributed by atoms with Crippen LogP contribution in [0, 0.1) is 4.77 Å². The van der Waals surface area contributed by atoms with E-state index in [2.05, 4.69) is 9.72 Å². The van der Waals surface area contributed by atoms with Crippen LogP contribution in [0.1, 0.15) is 0 Å². The molecule has 0 saturated heterocycles. The van der Waals surface area contributed by atoms with E-state index in [0.29, 0.717) is 10.5 Å². The molecule has 3 rings (SSSR count). The molecule has 0 saturated carbocycles. The molecule has 3 aromatic rings. The first kappa shape index (κ1) is 16.2. The molecule has 2 aromatic carbocycles. The normalized spacial score (nSPS) is 11.3. The molecule has 0 spiro atoms. The Balaban J connectivity index is 1.89. The van der Waals surface area contributed by atoms with Crippen molar-refractivity contribution in [1.29, 1.82) is 0 Å². The van der Waals surface area contributed by atoms with Crippen LogP contribution in [0.15, 0.2) is 66.9 Å². The minimum atomic E-state index is -4.71. The van der Waals surface area contributed by atoms with Gasteiger partial charge in [-0.1, -0.05) is 30.3 Å². The summed E-state index contributed by atoms with van der Waals surface area (Å²) in [6.07, 6.45) is -2.94. The van der Waals surface area contributed by atoms with Crippen LogP contribution >= 0.6 is 12.2 Å². The summed E-state index contributed by atoms with van der Waals surface area (Å²) in [5.41, 5.74) is 2.48. The third kappa shape index (κ3) is 3.80.